The van der Waals surface area contributed by atoms with Gasteiger partial charge in [-0.2, -0.15) is 0 Å². The zero-order valence-corrected chi connectivity index (χ0v) is 11.6. The van der Waals surface area contributed by atoms with Gasteiger partial charge in [0.05, 0.1) is 13.2 Å². The first-order valence-electron chi connectivity index (χ1n) is 6.43. The van der Waals surface area contributed by atoms with E-state index in [0.717, 1.165) is 16.9 Å². The molecule has 0 spiro atoms. The molecule has 19 heavy (non-hydrogen) atoms. The van der Waals surface area contributed by atoms with Crippen molar-refractivity contribution in [1.29, 1.82) is 0 Å². The second-order valence-corrected chi connectivity index (χ2v) is 5.26. The van der Waals surface area contributed by atoms with E-state index in [1.165, 1.54) is 0 Å². The lowest BCUT2D eigenvalue weighted by atomic mass is 9.77. The lowest BCUT2D eigenvalue weighted by molar-refractivity contribution is 0.100. The maximum Gasteiger partial charge on any atom is 0.118 e. The average molecular weight is 256 g/mol. The van der Waals surface area contributed by atoms with E-state index < -0.39 is 6.10 Å². The predicted molar refractivity (Wildman–Crippen MR) is 77.4 cm³/mol. The number of hydrogen-bond acceptors (Lipinski definition) is 2. The molecule has 0 saturated carbocycles. The molecule has 2 aromatic carbocycles. The Labute approximate surface area is 114 Å². The van der Waals surface area contributed by atoms with Crippen molar-refractivity contribution in [3.63, 3.8) is 0 Å². The van der Waals surface area contributed by atoms with Crippen LogP contribution in [-0.2, 0) is 5.41 Å². The molecule has 0 aliphatic rings. The molecule has 0 fully saturated rings. The number of rotatable bonds is 4. The molecule has 0 heterocycles. The first-order valence-corrected chi connectivity index (χ1v) is 6.43. The predicted octanol–water partition coefficient (Wildman–Crippen LogP) is 3.71. The van der Waals surface area contributed by atoms with Crippen molar-refractivity contribution in [1.82, 2.24) is 0 Å². The summed E-state index contributed by atoms with van der Waals surface area (Å²) in [6.45, 7) is 4.11. The molecule has 1 unspecified atom stereocenters. The fourth-order valence-corrected chi connectivity index (χ4v) is 2.23. The number of aliphatic hydroxyl groups excluding tert-OH is 1. The van der Waals surface area contributed by atoms with Crippen LogP contribution in [0.5, 0.6) is 5.75 Å². The molecule has 2 aromatic rings. The van der Waals surface area contributed by atoms with Gasteiger partial charge in [-0.25, -0.2) is 0 Å². The van der Waals surface area contributed by atoms with Crippen LogP contribution in [0, 0.1) is 0 Å². The van der Waals surface area contributed by atoms with Gasteiger partial charge in [0, 0.05) is 5.41 Å². The molecule has 100 valence electrons. The minimum absolute atomic E-state index is 0.337. The summed E-state index contributed by atoms with van der Waals surface area (Å²) in [6.07, 6.45) is -0.555. The topological polar surface area (TPSA) is 29.5 Å². The smallest absolute Gasteiger partial charge is 0.118 e. The fourth-order valence-electron chi connectivity index (χ4n) is 2.23. The molecule has 2 heteroatoms. The van der Waals surface area contributed by atoms with Crippen LogP contribution in [0.15, 0.2) is 54.6 Å². The van der Waals surface area contributed by atoms with Gasteiger partial charge in [-0.05, 0) is 23.3 Å². The highest BCUT2D eigenvalue weighted by Gasteiger charge is 2.30. The molecule has 2 nitrogen and oxygen atoms in total. The van der Waals surface area contributed by atoms with E-state index in [1.54, 1.807) is 7.11 Å². The Hall–Kier alpha value is -1.80. The van der Waals surface area contributed by atoms with Crippen molar-refractivity contribution in [2.75, 3.05) is 7.11 Å². The van der Waals surface area contributed by atoms with E-state index in [-0.39, 0.29) is 5.41 Å². The zero-order chi connectivity index (χ0) is 13.9. The Bertz CT molecular complexity index is 515. The summed E-state index contributed by atoms with van der Waals surface area (Å²) in [5.41, 5.74) is 1.68. The zero-order valence-electron chi connectivity index (χ0n) is 11.6. The average Bonchev–Trinajstić information content (AvgIpc) is 2.47. The van der Waals surface area contributed by atoms with Crippen molar-refractivity contribution in [2.24, 2.45) is 0 Å². The first kappa shape index (κ1) is 13.6. The van der Waals surface area contributed by atoms with Crippen LogP contribution in [-0.4, -0.2) is 12.2 Å². The van der Waals surface area contributed by atoms with E-state index in [1.807, 2.05) is 54.6 Å². The molecule has 0 amide bonds. The summed E-state index contributed by atoms with van der Waals surface area (Å²) >= 11 is 0. The van der Waals surface area contributed by atoms with Crippen LogP contribution < -0.4 is 4.74 Å². The Kier molecular flexibility index (Phi) is 3.91. The molecular formula is C17H20O2. The van der Waals surface area contributed by atoms with Gasteiger partial charge in [-0.1, -0.05) is 56.3 Å². The fraction of sp³-hybridized carbons (Fsp3) is 0.294. The monoisotopic (exact) mass is 256 g/mol. The SMILES string of the molecule is COc1ccc(C(O)C(C)(C)c2ccccc2)cc1. The van der Waals surface area contributed by atoms with Gasteiger partial charge in [0.25, 0.3) is 0 Å². The number of aliphatic hydroxyl groups is 1. The summed E-state index contributed by atoms with van der Waals surface area (Å²) in [4.78, 5) is 0. The van der Waals surface area contributed by atoms with Gasteiger partial charge in [-0.15, -0.1) is 0 Å². The van der Waals surface area contributed by atoms with E-state index in [0.29, 0.717) is 0 Å². The largest absolute Gasteiger partial charge is 0.497 e. The highest BCUT2D eigenvalue weighted by Crippen LogP contribution is 2.37. The first-order chi connectivity index (χ1) is 9.05. The Morgan fingerprint density at radius 1 is 0.947 bits per heavy atom. The van der Waals surface area contributed by atoms with Crippen LogP contribution >= 0.6 is 0 Å². The Morgan fingerprint density at radius 3 is 2.05 bits per heavy atom. The quantitative estimate of drug-likeness (QED) is 0.903. The highest BCUT2D eigenvalue weighted by molar-refractivity contribution is 5.33. The summed E-state index contributed by atoms with van der Waals surface area (Å²) in [5.74, 6) is 0.800. The van der Waals surface area contributed by atoms with Gasteiger partial charge >= 0.3 is 0 Å². The van der Waals surface area contributed by atoms with Crippen LogP contribution in [0.25, 0.3) is 0 Å². The van der Waals surface area contributed by atoms with Crippen LogP contribution in [0.4, 0.5) is 0 Å². The lowest BCUT2D eigenvalue weighted by Gasteiger charge is -2.31. The Balaban J connectivity index is 2.29. The number of benzene rings is 2. The van der Waals surface area contributed by atoms with E-state index >= 15 is 0 Å². The number of ether oxygens (including phenoxy) is 1. The third kappa shape index (κ3) is 2.79. The Morgan fingerprint density at radius 2 is 1.53 bits per heavy atom. The molecule has 0 aromatic heterocycles. The van der Waals surface area contributed by atoms with Gasteiger partial charge in [0.1, 0.15) is 5.75 Å². The molecule has 0 aliphatic heterocycles. The normalized spacial score (nSPS) is 13.1. The maximum atomic E-state index is 10.6. The minimum atomic E-state index is -0.555. The summed E-state index contributed by atoms with van der Waals surface area (Å²) < 4.78 is 5.14. The van der Waals surface area contributed by atoms with Gasteiger partial charge in [0.2, 0.25) is 0 Å². The van der Waals surface area contributed by atoms with E-state index in [2.05, 4.69) is 13.8 Å². The number of hydrogen-bond donors (Lipinski definition) is 1. The number of methoxy groups -OCH3 is 1. The van der Waals surface area contributed by atoms with E-state index in [4.69, 9.17) is 4.74 Å². The maximum absolute atomic E-state index is 10.6. The van der Waals surface area contributed by atoms with Gasteiger partial charge in [-0.3, -0.25) is 0 Å². The minimum Gasteiger partial charge on any atom is -0.497 e. The van der Waals surface area contributed by atoms with Crippen molar-refractivity contribution in [3.8, 4) is 5.75 Å². The third-order valence-corrected chi connectivity index (χ3v) is 3.63. The molecule has 1 atom stereocenters. The van der Waals surface area contributed by atoms with Gasteiger partial charge < -0.3 is 9.84 Å². The van der Waals surface area contributed by atoms with Gasteiger partial charge in [0.15, 0.2) is 0 Å². The molecule has 0 bridgehead atoms. The van der Waals surface area contributed by atoms with Crippen molar-refractivity contribution < 1.29 is 9.84 Å². The van der Waals surface area contributed by atoms with Crippen LogP contribution in [0.2, 0.25) is 0 Å². The summed E-state index contributed by atoms with van der Waals surface area (Å²) in [6, 6.07) is 17.6. The van der Waals surface area contributed by atoms with Crippen LogP contribution in [0.3, 0.4) is 0 Å². The summed E-state index contributed by atoms with van der Waals surface area (Å²) in [5, 5.41) is 10.6. The molecule has 1 N–H and O–H groups in total. The molecule has 2 rings (SSSR count). The standard InChI is InChI=1S/C17H20O2/c1-17(2,14-7-5-4-6-8-14)16(18)13-9-11-15(19-3)12-10-13/h4-12,16,18H,1-3H3. The van der Waals surface area contributed by atoms with E-state index in [9.17, 15) is 5.11 Å². The molecule has 0 saturated heterocycles. The second kappa shape index (κ2) is 5.45. The van der Waals surface area contributed by atoms with Crippen molar-refractivity contribution in [2.45, 2.75) is 25.4 Å². The van der Waals surface area contributed by atoms with Crippen molar-refractivity contribution >= 4 is 0 Å². The molecule has 0 aliphatic carbocycles. The van der Waals surface area contributed by atoms with Crippen LogP contribution in [0.1, 0.15) is 31.1 Å². The third-order valence-electron chi connectivity index (χ3n) is 3.63. The molecule has 0 radical (unpaired) electrons. The summed E-state index contributed by atoms with van der Waals surface area (Å²) in [7, 11) is 1.64. The highest BCUT2D eigenvalue weighted by atomic mass is 16.5. The van der Waals surface area contributed by atoms with Crippen molar-refractivity contribution in [3.05, 3.63) is 65.7 Å². The lowest BCUT2D eigenvalue weighted by Crippen LogP contribution is -2.26. The second-order valence-electron chi connectivity index (χ2n) is 5.26. The molecular weight excluding hydrogens is 236 g/mol.